The van der Waals surface area contributed by atoms with Crippen molar-refractivity contribution >= 4 is 23.2 Å². The monoisotopic (exact) mass is 211 g/mol. The lowest BCUT2D eigenvalue weighted by molar-refractivity contribution is -0.125. The molecule has 76 valence electrons. The van der Waals surface area contributed by atoms with Crippen LogP contribution in [0.15, 0.2) is 22.9 Å². The zero-order valence-corrected chi connectivity index (χ0v) is 8.84. The SMILES string of the molecule is CCC1CC(=O)NC1=O.c1ccsc1. The van der Waals surface area contributed by atoms with Gasteiger partial charge < -0.3 is 0 Å². The number of carbonyl (C=O) groups excluding carboxylic acids is 2. The first-order chi connectivity index (χ1) is 6.74. The van der Waals surface area contributed by atoms with Gasteiger partial charge in [0, 0.05) is 12.3 Å². The van der Waals surface area contributed by atoms with Crippen molar-refractivity contribution in [2.45, 2.75) is 19.8 Å². The maximum Gasteiger partial charge on any atom is 0.230 e. The van der Waals surface area contributed by atoms with E-state index >= 15 is 0 Å². The summed E-state index contributed by atoms with van der Waals surface area (Å²) in [6, 6.07) is 4.04. The molecule has 0 aromatic carbocycles. The molecule has 1 aromatic heterocycles. The van der Waals surface area contributed by atoms with Crippen LogP contribution < -0.4 is 5.32 Å². The van der Waals surface area contributed by atoms with Crippen LogP contribution in [0.3, 0.4) is 0 Å². The second-order valence-electron chi connectivity index (χ2n) is 3.01. The number of hydrogen-bond donors (Lipinski definition) is 1. The maximum absolute atomic E-state index is 10.7. The maximum atomic E-state index is 10.7. The molecule has 0 saturated carbocycles. The van der Waals surface area contributed by atoms with E-state index in [0.717, 1.165) is 6.42 Å². The highest BCUT2D eigenvalue weighted by molar-refractivity contribution is 7.07. The highest BCUT2D eigenvalue weighted by Gasteiger charge is 2.28. The molecule has 4 heteroatoms. The standard InChI is InChI=1S/C6H9NO2.C4H4S/c1-2-4-3-5(8)7-6(4)9;1-2-4-5-3-1/h4H,2-3H2,1H3,(H,7,8,9);1-4H. The van der Waals surface area contributed by atoms with Crippen molar-refractivity contribution in [3.63, 3.8) is 0 Å². The second-order valence-corrected chi connectivity index (χ2v) is 3.83. The fourth-order valence-electron chi connectivity index (χ4n) is 1.16. The van der Waals surface area contributed by atoms with E-state index < -0.39 is 0 Å². The quantitative estimate of drug-likeness (QED) is 0.720. The predicted molar refractivity (Wildman–Crippen MR) is 55.9 cm³/mol. The van der Waals surface area contributed by atoms with Crippen LogP contribution in [0, 0.1) is 5.92 Å². The van der Waals surface area contributed by atoms with Gasteiger partial charge in [0.15, 0.2) is 0 Å². The molecular weight excluding hydrogens is 198 g/mol. The number of hydrogen-bond acceptors (Lipinski definition) is 3. The van der Waals surface area contributed by atoms with Crippen LogP contribution in [-0.4, -0.2) is 11.8 Å². The minimum absolute atomic E-state index is 0.0579. The number of thiophene rings is 1. The Hall–Kier alpha value is -1.16. The molecular formula is C10H13NO2S. The normalized spacial score (nSPS) is 19.9. The number of amides is 2. The summed E-state index contributed by atoms with van der Waals surface area (Å²) < 4.78 is 0. The first-order valence-corrected chi connectivity index (χ1v) is 5.49. The molecule has 1 saturated heterocycles. The fraction of sp³-hybridized carbons (Fsp3) is 0.400. The molecule has 1 aliphatic heterocycles. The van der Waals surface area contributed by atoms with Crippen molar-refractivity contribution in [2.24, 2.45) is 5.92 Å². The van der Waals surface area contributed by atoms with Gasteiger partial charge in [-0.25, -0.2) is 0 Å². The predicted octanol–water partition coefficient (Wildman–Crippen LogP) is 1.81. The molecule has 2 amide bonds. The van der Waals surface area contributed by atoms with E-state index in [1.54, 1.807) is 11.3 Å². The topological polar surface area (TPSA) is 46.2 Å². The number of imide groups is 1. The van der Waals surface area contributed by atoms with Crippen LogP contribution in [0.4, 0.5) is 0 Å². The van der Waals surface area contributed by atoms with Gasteiger partial charge in [-0.2, -0.15) is 11.3 Å². The van der Waals surface area contributed by atoms with Crippen molar-refractivity contribution in [1.29, 1.82) is 0 Å². The zero-order chi connectivity index (χ0) is 10.4. The summed E-state index contributed by atoms with van der Waals surface area (Å²) in [5.74, 6) is -0.299. The second kappa shape index (κ2) is 5.54. The number of carbonyl (C=O) groups is 2. The summed E-state index contributed by atoms with van der Waals surface area (Å²) in [6.07, 6.45) is 1.15. The molecule has 0 bridgehead atoms. The van der Waals surface area contributed by atoms with E-state index in [1.807, 2.05) is 29.8 Å². The molecule has 3 nitrogen and oxygen atoms in total. The van der Waals surface area contributed by atoms with Crippen LogP contribution in [0.1, 0.15) is 19.8 Å². The van der Waals surface area contributed by atoms with Crippen LogP contribution in [0.2, 0.25) is 0 Å². The summed E-state index contributed by atoms with van der Waals surface area (Å²) in [6.45, 7) is 1.91. The molecule has 2 rings (SSSR count). The summed E-state index contributed by atoms with van der Waals surface area (Å²) >= 11 is 1.71. The van der Waals surface area contributed by atoms with Crippen molar-refractivity contribution in [2.75, 3.05) is 0 Å². The Kier molecular flexibility index (Phi) is 4.32. The van der Waals surface area contributed by atoms with Crippen LogP contribution in [-0.2, 0) is 9.59 Å². The summed E-state index contributed by atoms with van der Waals surface area (Å²) in [5, 5.41) is 6.32. The Morgan fingerprint density at radius 3 is 2.29 bits per heavy atom. The molecule has 1 unspecified atom stereocenters. The highest BCUT2D eigenvalue weighted by atomic mass is 32.1. The molecule has 1 N–H and O–H groups in total. The average molecular weight is 211 g/mol. The lowest BCUT2D eigenvalue weighted by Crippen LogP contribution is -2.21. The highest BCUT2D eigenvalue weighted by Crippen LogP contribution is 2.13. The van der Waals surface area contributed by atoms with Gasteiger partial charge in [-0.3, -0.25) is 14.9 Å². The van der Waals surface area contributed by atoms with E-state index in [2.05, 4.69) is 5.32 Å². The molecule has 2 heterocycles. The first-order valence-electron chi connectivity index (χ1n) is 4.55. The smallest absolute Gasteiger partial charge is 0.230 e. The van der Waals surface area contributed by atoms with Crippen molar-refractivity contribution in [1.82, 2.24) is 5.32 Å². The minimum Gasteiger partial charge on any atom is -0.296 e. The van der Waals surface area contributed by atoms with Crippen LogP contribution in [0.25, 0.3) is 0 Å². The van der Waals surface area contributed by atoms with E-state index in [-0.39, 0.29) is 17.7 Å². The fourth-order valence-corrected chi connectivity index (χ4v) is 1.62. The van der Waals surface area contributed by atoms with Gasteiger partial charge in [-0.1, -0.05) is 19.1 Å². The van der Waals surface area contributed by atoms with Gasteiger partial charge in [0.25, 0.3) is 0 Å². The van der Waals surface area contributed by atoms with Gasteiger partial charge in [-0.15, -0.1) is 0 Å². The lowest BCUT2D eigenvalue weighted by atomic mass is 10.1. The van der Waals surface area contributed by atoms with Crippen molar-refractivity contribution in [3.05, 3.63) is 22.9 Å². The molecule has 0 spiro atoms. The third kappa shape index (κ3) is 3.30. The van der Waals surface area contributed by atoms with Gasteiger partial charge >= 0.3 is 0 Å². The third-order valence-corrected chi connectivity index (χ3v) is 2.61. The van der Waals surface area contributed by atoms with E-state index in [4.69, 9.17) is 0 Å². The Bertz CT molecular complexity index is 278. The first kappa shape index (κ1) is 10.9. The summed E-state index contributed by atoms with van der Waals surface area (Å²) in [7, 11) is 0. The molecule has 1 atom stereocenters. The third-order valence-electron chi connectivity index (χ3n) is 1.98. The molecule has 1 aliphatic rings. The minimum atomic E-state index is -0.133. The summed E-state index contributed by atoms with van der Waals surface area (Å²) in [5.41, 5.74) is 0. The van der Waals surface area contributed by atoms with Gasteiger partial charge in [-0.05, 0) is 17.2 Å². The summed E-state index contributed by atoms with van der Waals surface area (Å²) in [4.78, 5) is 21.2. The number of rotatable bonds is 1. The van der Waals surface area contributed by atoms with Gasteiger partial charge in [0.05, 0.1) is 0 Å². The molecule has 0 radical (unpaired) electrons. The molecule has 1 aromatic rings. The molecule has 1 fully saturated rings. The van der Waals surface area contributed by atoms with Crippen molar-refractivity contribution < 1.29 is 9.59 Å². The van der Waals surface area contributed by atoms with E-state index in [9.17, 15) is 9.59 Å². The Morgan fingerprint density at radius 2 is 2.07 bits per heavy atom. The van der Waals surface area contributed by atoms with Crippen molar-refractivity contribution in [3.8, 4) is 0 Å². The zero-order valence-electron chi connectivity index (χ0n) is 8.03. The van der Waals surface area contributed by atoms with Gasteiger partial charge in [0.1, 0.15) is 0 Å². The Balaban J connectivity index is 0.000000165. The van der Waals surface area contributed by atoms with Crippen LogP contribution in [0.5, 0.6) is 0 Å². The van der Waals surface area contributed by atoms with E-state index in [0.29, 0.717) is 6.42 Å². The number of nitrogens with one attached hydrogen (secondary N) is 1. The largest absolute Gasteiger partial charge is 0.296 e. The Labute approximate surface area is 87.1 Å². The lowest BCUT2D eigenvalue weighted by Gasteiger charge is -1.96. The van der Waals surface area contributed by atoms with Gasteiger partial charge in [0.2, 0.25) is 11.8 Å². The van der Waals surface area contributed by atoms with Crippen LogP contribution >= 0.6 is 11.3 Å². The Morgan fingerprint density at radius 1 is 1.43 bits per heavy atom. The molecule has 0 aliphatic carbocycles. The molecule has 14 heavy (non-hydrogen) atoms. The average Bonchev–Trinajstić information content (AvgIpc) is 2.77. The van der Waals surface area contributed by atoms with E-state index in [1.165, 1.54) is 0 Å².